The summed E-state index contributed by atoms with van der Waals surface area (Å²) in [6.07, 6.45) is 3.52. The molecule has 0 aromatic rings. The van der Waals surface area contributed by atoms with Gasteiger partial charge in [0.1, 0.15) is 18.3 Å². The first-order valence-electron chi connectivity index (χ1n) is 8.58. The second kappa shape index (κ2) is 7.85. The van der Waals surface area contributed by atoms with E-state index in [2.05, 4.69) is 0 Å². The van der Waals surface area contributed by atoms with Crippen molar-refractivity contribution in [3.63, 3.8) is 0 Å². The van der Waals surface area contributed by atoms with E-state index in [1.165, 1.54) is 13.8 Å². The maximum atomic E-state index is 12.1. The van der Waals surface area contributed by atoms with Crippen LogP contribution in [0.5, 0.6) is 0 Å². The molecule has 1 heterocycles. The zero-order valence-corrected chi connectivity index (χ0v) is 15.4. The summed E-state index contributed by atoms with van der Waals surface area (Å²) in [5, 5.41) is 0. The number of ether oxygens (including phenoxy) is 3. The Bertz CT molecular complexity index is 617. The number of hydrogen-bond acceptors (Lipinski definition) is 6. The van der Waals surface area contributed by atoms with Gasteiger partial charge in [-0.15, -0.1) is 0 Å². The van der Waals surface area contributed by atoms with Gasteiger partial charge in [0.05, 0.1) is 11.8 Å². The lowest BCUT2D eigenvalue weighted by Crippen LogP contribution is -2.35. The molecule has 25 heavy (non-hydrogen) atoms. The number of esters is 3. The van der Waals surface area contributed by atoms with Crippen LogP contribution in [0.2, 0.25) is 0 Å². The standard InChI is InChI=1S/C19H26O6/c1-10-6-7-15(23-13(4)20)11(2)9-17-18(12(3)19(22)25-17)16(8-10)24-14(5)21/h6,9,12,15-18H,7-8H2,1-5H3/b10-6+,11-9+/t12-,15-,16-,17-,18-/m1/s1. The molecule has 1 aliphatic carbocycles. The van der Waals surface area contributed by atoms with E-state index in [-0.39, 0.29) is 29.7 Å². The first-order chi connectivity index (χ1) is 11.7. The van der Waals surface area contributed by atoms with E-state index in [0.29, 0.717) is 12.8 Å². The Morgan fingerprint density at radius 1 is 1.16 bits per heavy atom. The van der Waals surface area contributed by atoms with E-state index in [0.717, 1.165) is 11.1 Å². The van der Waals surface area contributed by atoms with Crippen molar-refractivity contribution in [1.29, 1.82) is 0 Å². The third-order valence-corrected chi connectivity index (χ3v) is 4.77. The molecule has 1 aliphatic heterocycles. The molecule has 0 spiro atoms. The second-order valence-electron chi connectivity index (χ2n) is 6.91. The summed E-state index contributed by atoms with van der Waals surface area (Å²) in [5.74, 6) is -1.68. The highest BCUT2D eigenvalue weighted by Gasteiger charge is 2.47. The SMILES string of the molecule is CC(=O)O[C@@H]1C/C=C(\C)C[C@@H](OC(C)=O)[C@@H]2[C@@H](/C=C/1C)OC(=O)[C@@H]2C. The maximum absolute atomic E-state index is 12.1. The molecular formula is C19H26O6. The highest BCUT2D eigenvalue weighted by molar-refractivity contribution is 5.75. The summed E-state index contributed by atoms with van der Waals surface area (Å²) >= 11 is 0. The largest absolute Gasteiger partial charge is 0.462 e. The Labute approximate surface area is 148 Å². The lowest BCUT2D eigenvalue weighted by atomic mass is 9.82. The number of hydrogen-bond donors (Lipinski definition) is 0. The van der Waals surface area contributed by atoms with Gasteiger partial charge < -0.3 is 14.2 Å². The Kier molecular flexibility index (Phi) is 6.03. The molecule has 1 fully saturated rings. The van der Waals surface area contributed by atoms with Gasteiger partial charge in [-0.3, -0.25) is 14.4 Å². The van der Waals surface area contributed by atoms with Gasteiger partial charge in [0, 0.05) is 26.7 Å². The van der Waals surface area contributed by atoms with Crippen LogP contribution in [0, 0.1) is 11.8 Å². The van der Waals surface area contributed by atoms with E-state index < -0.39 is 18.3 Å². The van der Waals surface area contributed by atoms with Crippen LogP contribution in [-0.2, 0) is 28.6 Å². The van der Waals surface area contributed by atoms with E-state index in [1.54, 1.807) is 6.92 Å². The van der Waals surface area contributed by atoms with Gasteiger partial charge in [-0.25, -0.2) is 0 Å². The normalized spacial score (nSPS) is 36.8. The van der Waals surface area contributed by atoms with Crippen LogP contribution in [0.1, 0.15) is 47.5 Å². The number of rotatable bonds is 2. The summed E-state index contributed by atoms with van der Waals surface area (Å²) in [4.78, 5) is 35.1. The smallest absolute Gasteiger partial charge is 0.309 e. The van der Waals surface area contributed by atoms with Crippen molar-refractivity contribution in [3.8, 4) is 0 Å². The molecule has 0 aromatic carbocycles. The van der Waals surface area contributed by atoms with Crippen LogP contribution in [0.4, 0.5) is 0 Å². The summed E-state index contributed by atoms with van der Waals surface area (Å²) in [6.45, 7) is 8.33. The first-order valence-corrected chi connectivity index (χ1v) is 8.58. The summed E-state index contributed by atoms with van der Waals surface area (Å²) in [6, 6.07) is 0. The fourth-order valence-corrected chi connectivity index (χ4v) is 3.51. The Hall–Kier alpha value is -2.11. The predicted octanol–water partition coefficient (Wildman–Crippen LogP) is 2.71. The summed E-state index contributed by atoms with van der Waals surface area (Å²) in [7, 11) is 0. The minimum absolute atomic E-state index is 0.272. The van der Waals surface area contributed by atoms with Crippen LogP contribution in [0.25, 0.3) is 0 Å². The minimum atomic E-state index is -0.504. The highest BCUT2D eigenvalue weighted by Crippen LogP contribution is 2.37. The summed E-state index contributed by atoms with van der Waals surface area (Å²) in [5.41, 5.74) is 1.84. The lowest BCUT2D eigenvalue weighted by molar-refractivity contribution is -0.150. The molecule has 0 bridgehead atoms. The van der Waals surface area contributed by atoms with Crippen molar-refractivity contribution < 1.29 is 28.6 Å². The quantitative estimate of drug-likeness (QED) is 0.433. The zero-order chi connectivity index (χ0) is 18.7. The van der Waals surface area contributed by atoms with Crippen LogP contribution in [0.3, 0.4) is 0 Å². The third-order valence-electron chi connectivity index (χ3n) is 4.77. The molecule has 0 aromatic heterocycles. The first kappa shape index (κ1) is 19.2. The van der Waals surface area contributed by atoms with Crippen LogP contribution in [0.15, 0.2) is 23.3 Å². The van der Waals surface area contributed by atoms with Crippen LogP contribution < -0.4 is 0 Å². The Morgan fingerprint density at radius 3 is 2.40 bits per heavy atom. The number of carbonyl (C=O) groups is 3. The predicted molar refractivity (Wildman–Crippen MR) is 90.4 cm³/mol. The molecule has 0 saturated carbocycles. The summed E-state index contributed by atoms with van der Waals surface area (Å²) < 4.78 is 16.4. The van der Waals surface area contributed by atoms with Gasteiger partial charge in [0.15, 0.2) is 0 Å². The van der Waals surface area contributed by atoms with Crippen molar-refractivity contribution in [1.82, 2.24) is 0 Å². The van der Waals surface area contributed by atoms with Gasteiger partial charge in [0.2, 0.25) is 0 Å². The van der Waals surface area contributed by atoms with E-state index in [4.69, 9.17) is 14.2 Å². The average molecular weight is 350 g/mol. The molecule has 0 unspecified atom stereocenters. The van der Waals surface area contributed by atoms with Crippen molar-refractivity contribution in [2.45, 2.75) is 65.8 Å². The van der Waals surface area contributed by atoms with Gasteiger partial charge in [-0.05, 0) is 25.5 Å². The molecule has 138 valence electrons. The van der Waals surface area contributed by atoms with E-state index >= 15 is 0 Å². The Balaban J connectivity index is 2.41. The highest BCUT2D eigenvalue weighted by atomic mass is 16.6. The lowest BCUT2D eigenvalue weighted by Gasteiger charge is -2.29. The molecule has 2 aliphatic rings. The van der Waals surface area contributed by atoms with Gasteiger partial charge in [-0.1, -0.05) is 18.6 Å². The van der Waals surface area contributed by atoms with E-state index in [1.807, 2.05) is 26.0 Å². The molecule has 0 radical (unpaired) electrons. The average Bonchev–Trinajstić information content (AvgIpc) is 2.75. The molecular weight excluding hydrogens is 324 g/mol. The molecule has 6 heteroatoms. The van der Waals surface area contributed by atoms with Gasteiger partial charge >= 0.3 is 17.9 Å². The van der Waals surface area contributed by atoms with Crippen LogP contribution in [-0.4, -0.2) is 36.2 Å². The maximum Gasteiger partial charge on any atom is 0.309 e. The molecule has 6 nitrogen and oxygen atoms in total. The van der Waals surface area contributed by atoms with Gasteiger partial charge in [-0.2, -0.15) is 0 Å². The minimum Gasteiger partial charge on any atom is -0.462 e. The molecule has 2 rings (SSSR count). The second-order valence-corrected chi connectivity index (χ2v) is 6.91. The monoisotopic (exact) mass is 350 g/mol. The van der Waals surface area contributed by atoms with Gasteiger partial charge in [0.25, 0.3) is 0 Å². The molecule has 0 N–H and O–H groups in total. The van der Waals surface area contributed by atoms with Crippen LogP contribution >= 0.6 is 0 Å². The fraction of sp³-hybridized carbons (Fsp3) is 0.632. The van der Waals surface area contributed by atoms with Crippen molar-refractivity contribution in [2.24, 2.45) is 11.8 Å². The zero-order valence-electron chi connectivity index (χ0n) is 15.4. The fourth-order valence-electron chi connectivity index (χ4n) is 3.51. The number of fused-ring (bicyclic) bond motifs is 1. The van der Waals surface area contributed by atoms with E-state index in [9.17, 15) is 14.4 Å². The van der Waals surface area contributed by atoms with Crippen molar-refractivity contribution in [2.75, 3.05) is 0 Å². The van der Waals surface area contributed by atoms with Crippen molar-refractivity contribution in [3.05, 3.63) is 23.3 Å². The van der Waals surface area contributed by atoms with Crippen molar-refractivity contribution >= 4 is 17.9 Å². The topological polar surface area (TPSA) is 78.9 Å². The molecule has 0 amide bonds. The number of carbonyl (C=O) groups excluding carboxylic acids is 3. The molecule has 5 atom stereocenters. The third kappa shape index (κ3) is 4.71. The molecule has 1 saturated heterocycles. The Morgan fingerprint density at radius 2 is 1.80 bits per heavy atom.